The van der Waals surface area contributed by atoms with E-state index in [2.05, 4.69) is 0 Å². The van der Waals surface area contributed by atoms with Crippen LogP contribution in [0.5, 0.6) is 0 Å². The van der Waals surface area contributed by atoms with E-state index >= 15 is 0 Å². The second-order valence-electron chi connectivity index (χ2n) is 4.78. The quantitative estimate of drug-likeness (QED) is 0.247. The number of nitrogens with two attached hydrogens (primary N) is 3. The Morgan fingerprint density at radius 1 is 1.08 bits per heavy atom. The van der Waals surface area contributed by atoms with Crippen LogP contribution < -0.4 is 21.0 Å². The van der Waals surface area contributed by atoms with E-state index in [1.165, 1.54) is 38.2 Å². The van der Waals surface area contributed by atoms with Gasteiger partial charge in [0.05, 0.1) is 0 Å². The summed E-state index contributed by atoms with van der Waals surface area (Å²) < 4.78 is 23.7. The van der Waals surface area contributed by atoms with Gasteiger partial charge in [0.1, 0.15) is 0 Å². The zero-order valence-corrected chi connectivity index (χ0v) is 17.1. The van der Waals surface area contributed by atoms with Crippen molar-refractivity contribution in [1.29, 1.82) is 0 Å². The predicted octanol–water partition coefficient (Wildman–Crippen LogP) is -1.68. The van der Waals surface area contributed by atoms with Gasteiger partial charge in [0.15, 0.2) is 0 Å². The molecule has 13 heteroatoms. The van der Waals surface area contributed by atoms with Gasteiger partial charge in [-0.3, -0.25) is 0 Å². The zero-order chi connectivity index (χ0) is 19.2. The van der Waals surface area contributed by atoms with Gasteiger partial charge in [0.2, 0.25) is 0 Å². The Hall–Kier alpha value is -0.752. The number of hydrogen-bond donors (Lipinski definition) is 5. The fourth-order valence-corrected chi connectivity index (χ4v) is 14.7. The van der Waals surface area contributed by atoms with E-state index in [0.29, 0.717) is 4.35 Å². The molecule has 1 aromatic rings. The van der Waals surface area contributed by atoms with E-state index in [-0.39, 0.29) is 16.4 Å². The summed E-state index contributed by atoms with van der Waals surface area (Å²) in [5.74, 6) is -2.06. The average Bonchev–Trinajstić information content (AvgIpc) is 2.53. The molecule has 9 nitrogen and oxygen atoms in total. The van der Waals surface area contributed by atoms with Crippen molar-refractivity contribution in [3.8, 4) is 0 Å². The average molecular weight is 471 g/mol. The summed E-state index contributed by atoms with van der Waals surface area (Å²) in [6.07, 6.45) is 0. The maximum atomic E-state index is 11.5. The molecule has 0 aromatic heterocycles. The van der Waals surface area contributed by atoms with Crippen molar-refractivity contribution in [2.24, 2.45) is 16.6 Å². The van der Waals surface area contributed by atoms with E-state index in [1.54, 1.807) is 6.07 Å². The molecule has 0 saturated heterocycles. The van der Waals surface area contributed by atoms with Crippen molar-refractivity contribution in [3.63, 3.8) is 0 Å². The van der Waals surface area contributed by atoms with Crippen LogP contribution in [0.25, 0.3) is 0 Å². The molecule has 2 atom stereocenters. The van der Waals surface area contributed by atoms with Crippen molar-refractivity contribution in [2.75, 3.05) is 11.5 Å². The fourth-order valence-electron chi connectivity index (χ4n) is 1.40. The van der Waals surface area contributed by atoms with Gasteiger partial charge in [-0.25, -0.2) is 0 Å². The summed E-state index contributed by atoms with van der Waals surface area (Å²) in [7, 11) is -1.28. The third-order valence-electron chi connectivity index (χ3n) is 2.73. The SMILES string of the molecule is NC(CS[As](SCC(N)C(=O)O)c1cccc(S(N)(=O)=O)c1)C(=O)O. The second-order valence-corrected chi connectivity index (χ2v) is 17.9. The number of hydrogen-bond acceptors (Lipinski definition) is 8. The summed E-state index contributed by atoms with van der Waals surface area (Å²) in [5, 5.41) is 22.9. The number of rotatable bonds is 10. The van der Waals surface area contributed by atoms with Crippen LogP contribution in [-0.2, 0) is 19.6 Å². The molecule has 0 aliphatic carbocycles. The first-order valence-electron chi connectivity index (χ1n) is 6.68. The molecule has 0 aliphatic heterocycles. The first-order valence-corrected chi connectivity index (χ1v) is 15.6. The molecular weight excluding hydrogens is 453 g/mol. The maximum absolute atomic E-state index is 11.5. The Morgan fingerprint density at radius 3 is 1.96 bits per heavy atom. The number of sulfonamides is 1. The van der Waals surface area contributed by atoms with E-state index in [9.17, 15) is 18.0 Å². The second kappa shape index (κ2) is 9.81. The molecule has 0 bridgehead atoms. The van der Waals surface area contributed by atoms with Crippen LogP contribution in [0.2, 0.25) is 0 Å². The molecule has 140 valence electrons. The van der Waals surface area contributed by atoms with Crippen molar-refractivity contribution >= 4 is 58.7 Å². The third kappa shape index (κ3) is 7.57. The van der Waals surface area contributed by atoms with Crippen LogP contribution in [0.1, 0.15) is 0 Å². The first kappa shape index (κ1) is 22.3. The molecular formula is C12H18AsN3O6S3. The van der Waals surface area contributed by atoms with Gasteiger partial charge >= 0.3 is 156 Å². The molecule has 8 N–H and O–H groups in total. The van der Waals surface area contributed by atoms with Gasteiger partial charge in [-0.2, -0.15) is 0 Å². The van der Waals surface area contributed by atoms with Crippen LogP contribution in [0, 0.1) is 0 Å². The Kier molecular flexibility index (Phi) is 8.75. The van der Waals surface area contributed by atoms with Gasteiger partial charge in [-0.15, -0.1) is 0 Å². The zero-order valence-electron chi connectivity index (χ0n) is 12.8. The van der Waals surface area contributed by atoms with Crippen molar-refractivity contribution in [1.82, 2.24) is 0 Å². The van der Waals surface area contributed by atoms with Crippen molar-refractivity contribution in [2.45, 2.75) is 17.0 Å². The minimum atomic E-state index is -3.88. The van der Waals surface area contributed by atoms with Crippen LogP contribution in [0.4, 0.5) is 0 Å². The van der Waals surface area contributed by atoms with Crippen LogP contribution >= 0.6 is 20.0 Å². The van der Waals surface area contributed by atoms with Gasteiger partial charge in [-0.05, 0) is 0 Å². The number of carboxylic acids is 2. The minimum absolute atomic E-state index is 0.0596. The molecule has 1 aromatic carbocycles. The number of carbonyl (C=O) groups is 2. The third-order valence-corrected chi connectivity index (χ3v) is 16.9. The molecule has 0 heterocycles. The summed E-state index contributed by atoms with van der Waals surface area (Å²) >= 11 is -2.14. The van der Waals surface area contributed by atoms with E-state index < -0.39 is 46.4 Å². The molecule has 0 aliphatic rings. The molecule has 0 amide bonds. The van der Waals surface area contributed by atoms with Gasteiger partial charge < -0.3 is 0 Å². The normalized spacial score (nSPS) is 15.3. The van der Waals surface area contributed by atoms with E-state index in [1.807, 2.05) is 0 Å². The Bertz CT molecular complexity index is 709. The molecule has 0 fully saturated rings. The Morgan fingerprint density at radius 2 is 1.56 bits per heavy atom. The van der Waals surface area contributed by atoms with Crippen LogP contribution in [0.3, 0.4) is 0 Å². The van der Waals surface area contributed by atoms with Gasteiger partial charge in [0.25, 0.3) is 0 Å². The number of primary sulfonamides is 1. The topological polar surface area (TPSA) is 187 Å². The summed E-state index contributed by atoms with van der Waals surface area (Å²) in [6, 6.07) is 3.87. The first-order chi connectivity index (χ1) is 11.5. The Labute approximate surface area is 156 Å². The van der Waals surface area contributed by atoms with Crippen LogP contribution in [0.15, 0.2) is 29.2 Å². The molecule has 0 spiro atoms. The van der Waals surface area contributed by atoms with Crippen molar-refractivity contribution in [3.05, 3.63) is 24.3 Å². The number of benzene rings is 1. The molecule has 1 rings (SSSR count). The van der Waals surface area contributed by atoms with E-state index in [0.717, 1.165) is 0 Å². The standard InChI is InChI=1S/C12H18AsN3O6S3/c14-9(11(17)18)5-23-13(24-6-10(15)12(19)20)7-2-1-3-8(4-7)25(16,21)22/h1-4,9-10H,5-6,14-15H2,(H,17,18)(H,19,20)(H2,16,21,22). The number of aliphatic carboxylic acids is 2. The molecule has 2 unspecified atom stereocenters. The van der Waals surface area contributed by atoms with Gasteiger partial charge in [0, 0.05) is 0 Å². The molecule has 0 saturated carbocycles. The molecule has 25 heavy (non-hydrogen) atoms. The molecule has 0 radical (unpaired) electrons. The monoisotopic (exact) mass is 471 g/mol. The summed E-state index contributed by atoms with van der Waals surface area (Å²) in [4.78, 5) is 21.7. The summed E-state index contributed by atoms with van der Waals surface area (Å²) in [5.41, 5.74) is 11.0. The predicted molar refractivity (Wildman–Crippen MR) is 99.3 cm³/mol. The number of carboxylic acid groups (broad SMARTS) is 2. The van der Waals surface area contributed by atoms with Crippen molar-refractivity contribution < 1.29 is 28.2 Å². The Balaban J connectivity index is 3.00. The summed E-state index contributed by atoms with van der Waals surface area (Å²) in [6.45, 7) is 0. The van der Waals surface area contributed by atoms with Crippen LogP contribution in [-0.4, -0.2) is 66.5 Å². The fraction of sp³-hybridized carbons (Fsp3) is 0.333. The van der Waals surface area contributed by atoms with E-state index in [4.69, 9.17) is 26.8 Å². The van der Waals surface area contributed by atoms with Gasteiger partial charge in [-0.1, -0.05) is 0 Å².